The maximum Gasteiger partial charge on any atom is 0.0650 e. The fraction of sp³-hybridized carbons (Fsp3) is 0.538. The second-order valence-corrected chi connectivity index (χ2v) is 6.83. The van der Waals surface area contributed by atoms with Gasteiger partial charge in [0.05, 0.1) is 10.7 Å². The molecule has 0 unspecified atom stereocenters. The van der Waals surface area contributed by atoms with Gasteiger partial charge >= 0.3 is 0 Å². The molecule has 0 spiro atoms. The van der Waals surface area contributed by atoms with Crippen LogP contribution in [0, 0.1) is 3.57 Å². The van der Waals surface area contributed by atoms with Gasteiger partial charge in [0.15, 0.2) is 0 Å². The third-order valence-corrected chi connectivity index (χ3v) is 4.02. The van der Waals surface area contributed by atoms with Crippen LogP contribution in [0.2, 0.25) is 5.02 Å². The second kappa shape index (κ2) is 5.33. The highest BCUT2D eigenvalue weighted by atomic mass is 127. The minimum Gasteiger partial charge on any atom is -0.368 e. The maximum absolute atomic E-state index is 6.34. The van der Waals surface area contributed by atoms with E-state index in [9.17, 15) is 0 Å². The molecule has 17 heavy (non-hydrogen) atoms. The number of anilines is 1. The summed E-state index contributed by atoms with van der Waals surface area (Å²) in [5, 5.41) is 4.42. The predicted molar refractivity (Wildman–Crippen MR) is 83.1 cm³/mol. The van der Waals surface area contributed by atoms with Crippen molar-refractivity contribution in [2.75, 3.05) is 24.5 Å². The van der Waals surface area contributed by atoms with E-state index in [0.717, 1.165) is 36.8 Å². The van der Waals surface area contributed by atoms with Crippen molar-refractivity contribution >= 4 is 39.9 Å². The molecule has 1 aromatic carbocycles. The molecule has 2 nitrogen and oxygen atoms in total. The number of rotatable bonds is 1. The molecule has 0 bridgehead atoms. The lowest BCUT2D eigenvalue weighted by atomic mass is 10.1. The molecule has 0 atom stereocenters. The average molecular weight is 365 g/mol. The lowest BCUT2D eigenvalue weighted by Crippen LogP contribution is -2.46. The van der Waals surface area contributed by atoms with Gasteiger partial charge in [-0.3, -0.25) is 0 Å². The zero-order valence-electron chi connectivity index (χ0n) is 10.3. The van der Waals surface area contributed by atoms with Crippen LogP contribution in [0.25, 0.3) is 0 Å². The molecule has 4 heteroatoms. The van der Waals surface area contributed by atoms with E-state index in [4.69, 9.17) is 11.6 Å². The molecule has 1 N–H and O–H groups in total. The summed E-state index contributed by atoms with van der Waals surface area (Å²) in [6.07, 6.45) is 1.16. The van der Waals surface area contributed by atoms with E-state index >= 15 is 0 Å². The molecule has 0 radical (unpaired) electrons. The van der Waals surface area contributed by atoms with E-state index in [1.165, 1.54) is 3.57 Å². The Morgan fingerprint density at radius 3 is 2.88 bits per heavy atom. The number of hydrogen-bond acceptors (Lipinski definition) is 2. The number of nitrogens with one attached hydrogen (secondary N) is 1. The lowest BCUT2D eigenvalue weighted by Gasteiger charge is -2.32. The highest BCUT2D eigenvalue weighted by molar-refractivity contribution is 14.1. The first-order chi connectivity index (χ1) is 7.98. The van der Waals surface area contributed by atoms with Crippen molar-refractivity contribution in [2.24, 2.45) is 0 Å². The molecule has 2 rings (SSSR count). The normalized spacial score (nSPS) is 20.1. The highest BCUT2D eigenvalue weighted by Gasteiger charge is 2.25. The van der Waals surface area contributed by atoms with Crippen LogP contribution in [0.1, 0.15) is 20.3 Å². The summed E-state index contributed by atoms with van der Waals surface area (Å²) < 4.78 is 1.18. The van der Waals surface area contributed by atoms with Crippen LogP contribution in [0.4, 0.5) is 5.69 Å². The summed E-state index contributed by atoms with van der Waals surface area (Å²) in [5.41, 5.74) is 1.30. The summed E-state index contributed by atoms with van der Waals surface area (Å²) in [5.74, 6) is 0. The van der Waals surface area contributed by atoms with Gasteiger partial charge in [-0.1, -0.05) is 11.6 Å². The molecule has 94 valence electrons. The zero-order valence-corrected chi connectivity index (χ0v) is 13.2. The Balaban J connectivity index is 2.25. The third kappa shape index (κ3) is 3.48. The summed E-state index contributed by atoms with van der Waals surface area (Å²) in [6.45, 7) is 7.62. The molecule has 0 amide bonds. The SMILES string of the molecule is CC1(C)CN(c2ccc(I)cc2Cl)CCCN1. The molecule has 1 aliphatic rings. The Kier molecular flexibility index (Phi) is 4.21. The van der Waals surface area contributed by atoms with Gasteiger partial charge in [-0.2, -0.15) is 0 Å². The molecule has 1 heterocycles. The van der Waals surface area contributed by atoms with Crippen molar-refractivity contribution in [3.8, 4) is 0 Å². The van der Waals surface area contributed by atoms with Crippen LogP contribution < -0.4 is 10.2 Å². The minimum absolute atomic E-state index is 0.142. The van der Waals surface area contributed by atoms with Crippen LogP contribution in [-0.4, -0.2) is 25.2 Å². The lowest BCUT2D eigenvalue weighted by molar-refractivity contribution is 0.416. The van der Waals surface area contributed by atoms with Crippen LogP contribution >= 0.6 is 34.2 Å². The largest absolute Gasteiger partial charge is 0.368 e. The van der Waals surface area contributed by atoms with Gasteiger partial charge in [-0.15, -0.1) is 0 Å². The van der Waals surface area contributed by atoms with E-state index in [1.54, 1.807) is 0 Å². The standard InChI is InChI=1S/C13H18ClIN2/c1-13(2)9-17(7-3-6-16-13)12-5-4-10(15)8-11(12)14/h4-5,8,16H,3,6-7,9H2,1-2H3. The number of nitrogens with zero attached hydrogens (tertiary/aromatic N) is 1. The van der Waals surface area contributed by atoms with E-state index in [2.05, 4.69) is 58.8 Å². The van der Waals surface area contributed by atoms with Crippen molar-refractivity contribution < 1.29 is 0 Å². The van der Waals surface area contributed by atoms with Crippen LogP contribution in [0.15, 0.2) is 18.2 Å². The van der Waals surface area contributed by atoms with E-state index < -0.39 is 0 Å². The molecule has 0 aliphatic carbocycles. The topological polar surface area (TPSA) is 15.3 Å². The Labute approximate surface area is 122 Å². The maximum atomic E-state index is 6.34. The van der Waals surface area contributed by atoms with Crippen molar-refractivity contribution in [3.05, 3.63) is 26.8 Å². The fourth-order valence-electron chi connectivity index (χ4n) is 2.25. The second-order valence-electron chi connectivity index (χ2n) is 5.18. The monoisotopic (exact) mass is 364 g/mol. The molecular formula is C13H18ClIN2. The van der Waals surface area contributed by atoms with Gasteiger partial charge in [0.25, 0.3) is 0 Å². The van der Waals surface area contributed by atoms with Gasteiger partial charge in [0, 0.05) is 22.2 Å². The van der Waals surface area contributed by atoms with Gasteiger partial charge in [-0.25, -0.2) is 0 Å². The van der Waals surface area contributed by atoms with Crippen molar-refractivity contribution in [1.82, 2.24) is 5.32 Å². The van der Waals surface area contributed by atoms with Crippen molar-refractivity contribution in [2.45, 2.75) is 25.8 Å². The summed E-state index contributed by atoms with van der Waals surface area (Å²) in [7, 11) is 0. The van der Waals surface area contributed by atoms with Crippen molar-refractivity contribution in [3.63, 3.8) is 0 Å². The molecular weight excluding hydrogens is 347 g/mol. The highest BCUT2D eigenvalue weighted by Crippen LogP contribution is 2.29. The van der Waals surface area contributed by atoms with E-state index in [0.29, 0.717) is 0 Å². The van der Waals surface area contributed by atoms with E-state index in [1.807, 2.05) is 6.07 Å². The Hall–Kier alpha value is -0.000000000000000132. The summed E-state index contributed by atoms with van der Waals surface area (Å²) in [4.78, 5) is 2.39. The number of benzene rings is 1. The molecule has 0 saturated carbocycles. The smallest absolute Gasteiger partial charge is 0.0650 e. The fourth-order valence-corrected chi connectivity index (χ4v) is 3.23. The average Bonchev–Trinajstić information content (AvgIpc) is 2.39. The van der Waals surface area contributed by atoms with Crippen LogP contribution in [0.5, 0.6) is 0 Å². The minimum atomic E-state index is 0.142. The first kappa shape index (κ1) is 13.4. The number of hydrogen-bond donors (Lipinski definition) is 1. The molecule has 1 saturated heterocycles. The summed E-state index contributed by atoms with van der Waals surface area (Å²) in [6, 6.07) is 6.28. The summed E-state index contributed by atoms with van der Waals surface area (Å²) >= 11 is 8.63. The Morgan fingerprint density at radius 2 is 2.18 bits per heavy atom. The molecule has 1 fully saturated rings. The van der Waals surface area contributed by atoms with Crippen LogP contribution in [-0.2, 0) is 0 Å². The Bertz CT molecular complexity index is 406. The predicted octanol–water partition coefficient (Wildman–Crippen LogP) is 3.52. The Morgan fingerprint density at radius 1 is 1.41 bits per heavy atom. The first-order valence-corrected chi connectivity index (χ1v) is 7.39. The third-order valence-electron chi connectivity index (χ3n) is 3.04. The van der Waals surface area contributed by atoms with Crippen LogP contribution in [0.3, 0.4) is 0 Å². The quantitative estimate of drug-likeness (QED) is 0.767. The van der Waals surface area contributed by atoms with E-state index in [-0.39, 0.29) is 5.54 Å². The number of halogens is 2. The molecule has 1 aromatic rings. The van der Waals surface area contributed by atoms with Gasteiger partial charge < -0.3 is 10.2 Å². The first-order valence-electron chi connectivity index (χ1n) is 5.93. The van der Waals surface area contributed by atoms with Gasteiger partial charge in [0.2, 0.25) is 0 Å². The van der Waals surface area contributed by atoms with Crippen molar-refractivity contribution in [1.29, 1.82) is 0 Å². The molecule has 0 aromatic heterocycles. The van der Waals surface area contributed by atoms with Gasteiger partial charge in [0.1, 0.15) is 0 Å². The molecule has 1 aliphatic heterocycles. The van der Waals surface area contributed by atoms with Gasteiger partial charge in [-0.05, 0) is 67.6 Å². The zero-order chi connectivity index (χ0) is 12.5.